The topological polar surface area (TPSA) is 181 Å². The summed E-state index contributed by atoms with van der Waals surface area (Å²) in [4.78, 5) is 55.7. The highest BCUT2D eigenvalue weighted by molar-refractivity contribution is 7.91. The smallest absolute Gasteiger partial charge is 0.411 e. The van der Waals surface area contributed by atoms with E-state index in [4.69, 9.17) is 14.2 Å². The van der Waals surface area contributed by atoms with Gasteiger partial charge in [-0.3, -0.25) is 19.6 Å². The molecule has 2 aliphatic carbocycles. The second-order valence-electron chi connectivity index (χ2n) is 15.4. The SMILES string of the molecule is C=C[C@@H]1C[C@]1(NC(=O)C1C[C@@H]2CN1C(=C)[C@H](C(C)(C)C)NC(=O)OCCCCCCCc1cc(ccc1OC)NC(=O)O2)C(=O)NS(=O)(=O)C1CC1. The number of hydrogen-bond acceptors (Lipinski definition) is 10. The summed E-state index contributed by atoms with van der Waals surface area (Å²) in [5, 5.41) is 7.93. The number of benzene rings is 1. The molecule has 4 bridgehead atoms. The molecule has 5 atom stereocenters. The molecule has 52 heavy (non-hydrogen) atoms. The first-order valence-corrected chi connectivity index (χ1v) is 19.7. The lowest BCUT2D eigenvalue weighted by Crippen LogP contribution is -2.57. The predicted octanol–water partition coefficient (Wildman–Crippen LogP) is 4.52. The third-order valence-electron chi connectivity index (χ3n) is 10.3. The Labute approximate surface area is 306 Å². The predicted molar refractivity (Wildman–Crippen MR) is 195 cm³/mol. The number of sulfonamides is 1. The van der Waals surface area contributed by atoms with Crippen molar-refractivity contribution in [2.75, 3.05) is 25.6 Å². The monoisotopic (exact) mass is 743 g/mol. The highest BCUT2D eigenvalue weighted by Gasteiger charge is 2.62. The number of carbonyl (C=O) groups excluding carboxylic acids is 4. The lowest BCUT2D eigenvalue weighted by atomic mass is 9.84. The van der Waals surface area contributed by atoms with E-state index >= 15 is 0 Å². The lowest BCUT2D eigenvalue weighted by molar-refractivity contribution is -0.131. The lowest BCUT2D eigenvalue weighted by Gasteiger charge is -2.39. The molecule has 2 heterocycles. The van der Waals surface area contributed by atoms with E-state index in [2.05, 4.69) is 33.8 Å². The molecule has 2 saturated carbocycles. The summed E-state index contributed by atoms with van der Waals surface area (Å²) < 4.78 is 44.5. The fraction of sp³-hybridized carbons (Fsp3) is 0.622. The largest absolute Gasteiger partial charge is 0.496 e. The number of ether oxygens (including phenoxy) is 3. The Morgan fingerprint density at radius 3 is 2.46 bits per heavy atom. The van der Waals surface area contributed by atoms with Gasteiger partial charge in [-0.25, -0.2) is 18.0 Å². The molecule has 15 heteroatoms. The number of carbonyl (C=O) groups is 4. The van der Waals surface area contributed by atoms with E-state index in [0.717, 1.165) is 43.4 Å². The highest BCUT2D eigenvalue weighted by atomic mass is 32.2. The molecule has 4 amide bonds. The van der Waals surface area contributed by atoms with E-state index in [1.807, 2.05) is 26.8 Å². The fourth-order valence-electron chi connectivity index (χ4n) is 7.06. The third-order valence-corrected chi connectivity index (χ3v) is 12.1. The van der Waals surface area contributed by atoms with Gasteiger partial charge < -0.3 is 29.7 Å². The first-order chi connectivity index (χ1) is 24.6. The number of nitrogens with one attached hydrogen (secondary N) is 4. The molecule has 5 rings (SSSR count). The van der Waals surface area contributed by atoms with Gasteiger partial charge in [0.25, 0.3) is 5.91 Å². The van der Waals surface area contributed by atoms with E-state index in [0.29, 0.717) is 30.6 Å². The van der Waals surface area contributed by atoms with Crippen LogP contribution in [0.2, 0.25) is 0 Å². The standard InChI is InChI=1S/C37H53N5O9S/c1-7-25-21-37(25,33(44)41-52(47,48)28-15-16-28)40-32(43)29-20-27-22-42(29)23(2)31(36(3,4)5)39-34(45)50-18-12-10-8-9-11-13-24-19-26(38-35(46)51-27)14-17-30(24)49-6/h7,14,17,19,25,27-29,31H,1-2,8-13,15-16,18,20-22H2,3-6H3,(H,38,46)(H,39,45)(H,40,43)(H,41,44)/t25-,27-,29?,31-,37-/m1/s1. The van der Waals surface area contributed by atoms with Crippen LogP contribution in [0.15, 0.2) is 43.1 Å². The Morgan fingerprint density at radius 2 is 1.81 bits per heavy atom. The van der Waals surface area contributed by atoms with Gasteiger partial charge in [0.15, 0.2) is 0 Å². The van der Waals surface area contributed by atoms with Gasteiger partial charge in [-0.1, -0.05) is 52.7 Å². The minimum Gasteiger partial charge on any atom is -0.496 e. The van der Waals surface area contributed by atoms with Crippen LogP contribution in [0.1, 0.15) is 84.1 Å². The number of hydrogen-bond donors (Lipinski definition) is 4. The maximum absolute atomic E-state index is 14.2. The Morgan fingerprint density at radius 1 is 1.10 bits per heavy atom. The van der Waals surface area contributed by atoms with Crippen molar-refractivity contribution in [1.82, 2.24) is 20.3 Å². The van der Waals surface area contributed by atoms with Gasteiger partial charge in [0.05, 0.1) is 31.6 Å². The average molecular weight is 744 g/mol. The van der Waals surface area contributed by atoms with Crippen molar-refractivity contribution in [3.8, 4) is 5.75 Å². The van der Waals surface area contributed by atoms with Crippen molar-refractivity contribution in [2.45, 2.75) is 114 Å². The highest BCUT2D eigenvalue weighted by Crippen LogP contribution is 2.46. The molecule has 14 nitrogen and oxygen atoms in total. The van der Waals surface area contributed by atoms with Crippen LogP contribution in [-0.4, -0.2) is 86.6 Å². The number of amides is 4. The number of aryl methyl sites for hydroxylation is 1. The van der Waals surface area contributed by atoms with Crippen molar-refractivity contribution in [3.05, 3.63) is 48.7 Å². The first-order valence-electron chi connectivity index (χ1n) is 18.1. The molecule has 286 valence electrons. The molecule has 2 aliphatic heterocycles. The Balaban J connectivity index is 1.41. The second-order valence-corrected chi connectivity index (χ2v) is 17.3. The molecular formula is C37H53N5O9S. The number of anilines is 1. The molecule has 4 aliphatic rings. The van der Waals surface area contributed by atoms with Gasteiger partial charge in [-0.05, 0) is 67.7 Å². The third kappa shape index (κ3) is 9.20. The molecule has 1 aromatic rings. The zero-order valence-electron chi connectivity index (χ0n) is 30.6. The van der Waals surface area contributed by atoms with Crippen LogP contribution in [0.25, 0.3) is 0 Å². The number of alkyl carbamates (subject to hydrolysis) is 1. The molecule has 1 saturated heterocycles. The Bertz CT molecular complexity index is 1670. The minimum absolute atomic E-state index is 0.0320. The van der Waals surface area contributed by atoms with E-state index in [1.165, 1.54) is 6.08 Å². The van der Waals surface area contributed by atoms with Gasteiger partial charge in [0.2, 0.25) is 15.9 Å². The van der Waals surface area contributed by atoms with Crippen LogP contribution in [0.5, 0.6) is 5.75 Å². The fourth-order valence-corrected chi connectivity index (χ4v) is 8.42. The van der Waals surface area contributed by atoms with Crippen LogP contribution >= 0.6 is 0 Å². The van der Waals surface area contributed by atoms with E-state index in [-0.39, 0.29) is 26.0 Å². The van der Waals surface area contributed by atoms with Crippen molar-refractivity contribution in [3.63, 3.8) is 0 Å². The molecule has 0 spiro atoms. The van der Waals surface area contributed by atoms with Gasteiger partial charge in [-0.2, -0.15) is 0 Å². The normalized spacial score (nSPS) is 27.8. The van der Waals surface area contributed by atoms with Crippen molar-refractivity contribution < 1.29 is 41.8 Å². The summed E-state index contributed by atoms with van der Waals surface area (Å²) in [5.41, 5.74) is -0.235. The van der Waals surface area contributed by atoms with Crippen LogP contribution in [0, 0.1) is 11.3 Å². The van der Waals surface area contributed by atoms with Crippen molar-refractivity contribution in [1.29, 1.82) is 0 Å². The molecule has 1 aromatic carbocycles. The van der Waals surface area contributed by atoms with E-state index in [9.17, 15) is 27.6 Å². The Kier molecular flexibility index (Phi) is 11.8. The quantitative estimate of drug-likeness (QED) is 0.290. The van der Waals surface area contributed by atoms with Gasteiger partial charge in [-0.15, -0.1) is 6.58 Å². The first kappa shape index (κ1) is 38.9. The van der Waals surface area contributed by atoms with Crippen LogP contribution in [0.4, 0.5) is 15.3 Å². The molecule has 4 N–H and O–H groups in total. The number of nitrogens with zero attached hydrogens (tertiary/aromatic N) is 1. The Hall–Kier alpha value is -4.27. The summed E-state index contributed by atoms with van der Waals surface area (Å²) in [6.07, 6.45) is 5.72. The van der Waals surface area contributed by atoms with Gasteiger partial charge in [0.1, 0.15) is 23.4 Å². The minimum atomic E-state index is -3.88. The maximum Gasteiger partial charge on any atom is 0.411 e. The van der Waals surface area contributed by atoms with Crippen LogP contribution in [-0.2, 0) is 35.5 Å². The zero-order chi connectivity index (χ0) is 37.8. The van der Waals surface area contributed by atoms with Crippen molar-refractivity contribution >= 4 is 39.7 Å². The molecular weight excluding hydrogens is 691 g/mol. The van der Waals surface area contributed by atoms with Crippen LogP contribution in [0.3, 0.4) is 0 Å². The van der Waals surface area contributed by atoms with Crippen molar-refractivity contribution in [2.24, 2.45) is 11.3 Å². The molecule has 0 aromatic heterocycles. The molecule has 3 fully saturated rings. The number of methoxy groups -OCH3 is 1. The molecule has 0 radical (unpaired) electrons. The van der Waals surface area contributed by atoms with Gasteiger partial charge >= 0.3 is 12.2 Å². The number of cyclic esters (lactones) is 1. The zero-order valence-corrected chi connectivity index (χ0v) is 31.4. The molecule has 1 unspecified atom stereocenters. The number of fused-ring (bicyclic) bond motifs is 4. The number of rotatable bonds is 7. The van der Waals surface area contributed by atoms with E-state index < -0.39 is 74.3 Å². The van der Waals surface area contributed by atoms with E-state index in [1.54, 1.807) is 24.1 Å². The maximum atomic E-state index is 14.2. The summed E-state index contributed by atoms with van der Waals surface area (Å²) >= 11 is 0. The average Bonchev–Trinajstić information content (AvgIpc) is 4.00. The summed E-state index contributed by atoms with van der Waals surface area (Å²) in [7, 11) is -2.27. The summed E-state index contributed by atoms with van der Waals surface area (Å²) in [6, 6.07) is 3.70. The van der Waals surface area contributed by atoms with Gasteiger partial charge in [0, 0.05) is 23.7 Å². The summed E-state index contributed by atoms with van der Waals surface area (Å²) in [6.45, 7) is 14.1. The second kappa shape index (κ2) is 15.8. The van der Waals surface area contributed by atoms with Crippen LogP contribution < -0.4 is 25.4 Å². The summed E-state index contributed by atoms with van der Waals surface area (Å²) in [5.74, 6) is -1.17.